The lowest BCUT2D eigenvalue weighted by Gasteiger charge is -1.95. The Kier molecular flexibility index (Phi) is 1.47. The van der Waals surface area contributed by atoms with E-state index < -0.39 is 0 Å². The first-order chi connectivity index (χ1) is 5.38. The zero-order valence-electron chi connectivity index (χ0n) is 5.58. The minimum Gasteiger partial charge on any atom is -0.244 e. The van der Waals surface area contributed by atoms with Gasteiger partial charge >= 0.3 is 0 Å². The second kappa shape index (κ2) is 2.47. The quantitative estimate of drug-likeness (QED) is 0.594. The minimum absolute atomic E-state index is 0.616. The number of hydrogen-bond acceptors (Lipinski definition) is 2. The molecule has 0 aliphatic carbocycles. The second-order valence-electron chi connectivity index (χ2n) is 2.13. The Morgan fingerprint density at radius 3 is 3.09 bits per heavy atom. The molecule has 1 aromatic carbocycles. The minimum atomic E-state index is 0.616. The van der Waals surface area contributed by atoms with E-state index in [-0.39, 0.29) is 0 Å². The van der Waals surface area contributed by atoms with Gasteiger partial charge in [0.05, 0.1) is 10.5 Å². The molecule has 0 saturated heterocycles. The predicted octanol–water partition coefficient (Wildman–Crippen LogP) is 2.08. The lowest BCUT2D eigenvalue weighted by molar-refractivity contribution is 1.22. The Labute approximate surface area is 68.9 Å². The zero-order valence-corrected chi connectivity index (χ0v) is 6.34. The molecule has 0 amide bonds. The van der Waals surface area contributed by atoms with Gasteiger partial charge in [0.15, 0.2) is 0 Å². The van der Waals surface area contributed by atoms with Crippen molar-refractivity contribution >= 4 is 22.5 Å². The molecule has 0 bridgehead atoms. The zero-order chi connectivity index (χ0) is 7.68. The van der Waals surface area contributed by atoms with Gasteiger partial charge in [-0.25, -0.2) is 9.97 Å². The van der Waals surface area contributed by atoms with Crippen LogP contribution < -0.4 is 0 Å². The highest BCUT2D eigenvalue weighted by Crippen LogP contribution is 2.18. The molecule has 0 N–H and O–H groups in total. The van der Waals surface area contributed by atoms with E-state index in [0.717, 1.165) is 10.9 Å². The summed E-state index contributed by atoms with van der Waals surface area (Å²) in [6, 6.07) is 6.39. The number of rotatable bonds is 0. The lowest BCUT2D eigenvalue weighted by atomic mass is 10.2. The Bertz CT molecular complexity index is 381. The summed E-state index contributed by atoms with van der Waals surface area (Å²) in [4.78, 5) is 7.88. The van der Waals surface area contributed by atoms with Gasteiger partial charge in [0, 0.05) is 11.6 Å². The summed E-state index contributed by atoms with van der Waals surface area (Å²) in [7, 11) is 0. The molecule has 53 valence electrons. The van der Waals surface area contributed by atoms with Crippen LogP contribution in [0.15, 0.2) is 24.7 Å². The molecular formula is C8H4ClN2. The highest BCUT2D eigenvalue weighted by Gasteiger charge is 1.96. The van der Waals surface area contributed by atoms with Gasteiger partial charge in [0.2, 0.25) is 0 Å². The number of benzene rings is 1. The van der Waals surface area contributed by atoms with Crippen LogP contribution in [0.5, 0.6) is 0 Å². The summed E-state index contributed by atoms with van der Waals surface area (Å²) in [5.74, 6) is 0. The van der Waals surface area contributed by atoms with E-state index in [9.17, 15) is 0 Å². The standard InChI is InChI=1S/C8H4ClN2/c9-7-3-1-2-6-4-10-5-11-8(6)7/h2-5H. The number of fused-ring (bicyclic) bond motifs is 1. The van der Waals surface area contributed by atoms with E-state index in [1.165, 1.54) is 6.33 Å². The van der Waals surface area contributed by atoms with Crippen LogP contribution in [0.4, 0.5) is 0 Å². The van der Waals surface area contributed by atoms with Crippen LogP contribution in [0.2, 0.25) is 5.02 Å². The van der Waals surface area contributed by atoms with Crippen molar-refractivity contribution in [1.82, 2.24) is 9.97 Å². The number of hydrogen-bond donors (Lipinski definition) is 0. The molecule has 0 unspecified atom stereocenters. The maximum absolute atomic E-state index is 5.84. The summed E-state index contributed by atoms with van der Waals surface area (Å²) in [6.07, 6.45) is 3.19. The highest BCUT2D eigenvalue weighted by atomic mass is 35.5. The summed E-state index contributed by atoms with van der Waals surface area (Å²) in [5.41, 5.74) is 0.778. The molecule has 2 aromatic rings. The SMILES string of the molecule is Clc1c[c]cc2cncnc12. The average molecular weight is 164 g/mol. The first-order valence-electron chi connectivity index (χ1n) is 3.13. The third-order valence-corrected chi connectivity index (χ3v) is 1.70. The smallest absolute Gasteiger partial charge is 0.116 e. The van der Waals surface area contributed by atoms with Crippen LogP contribution in [0, 0.1) is 6.07 Å². The number of nitrogens with zero attached hydrogens (tertiary/aromatic N) is 2. The van der Waals surface area contributed by atoms with E-state index in [2.05, 4.69) is 16.0 Å². The Balaban J connectivity index is 2.91. The van der Waals surface area contributed by atoms with Gasteiger partial charge in [-0.15, -0.1) is 0 Å². The Morgan fingerprint density at radius 1 is 1.36 bits per heavy atom. The third kappa shape index (κ3) is 1.05. The van der Waals surface area contributed by atoms with E-state index in [0.29, 0.717) is 5.02 Å². The monoisotopic (exact) mass is 163 g/mol. The van der Waals surface area contributed by atoms with Crippen molar-refractivity contribution < 1.29 is 0 Å². The van der Waals surface area contributed by atoms with Crippen LogP contribution in [0.25, 0.3) is 10.9 Å². The highest BCUT2D eigenvalue weighted by molar-refractivity contribution is 6.34. The first-order valence-corrected chi connectivity index (χ1v) is 3.51. The molecule has 0 aliphatic rings. The molecule has 0 atom stereocenters. The lowest BCUT2D eigenvalue weighted by Crippen LogP contribution is -1.80. The fraction of sp³-hybridized carbons (Fsp3) is 0. The fourth-order valence-corrected chi connectivity index (χ4v) is 1.14. The predicted molar refractivity (Wildman–Crippen MR) is 43.4 cm³/mol. The van der Waals surface area contributed by atoms with Crippen molar-refractivity contribution in [3.8, 4) is 0 Å². The van der Waals surface area contributed by atoms with E-state index >= 15 is 0 Å². The van der Waals surface area contributed by atoms with Crippen LogP contribution >= 0.6 is 11.6 Å². The van der Waals surface area contributed by atoms with Crippen molar-refractivity contribution in [2.24, 2.45) is 0 Å². The van der Waals surface area contributed by atoms with E-state index in [4.69, 9.17) is 11.6 Å². The van der Waals surface area contributed by atoms with Crippen molar-refractivity contribution in [1.29, 1.82) is 0 Å². The van der Waals surface area contributed by atoms with Crippen molar-refractivity contribution in [3.05, 3.63) is 35.7 Å². The maximum Gasteiger partial charge on any atom is 0.116 e. The number of halogens is 1. The molecule has 11 heavy (non-hydrogen) atoms. The summed E-state index contributed by atoms with van der Waals surface area (Å²) in [6.45, 7) is 0. The molecule has 2 nitrogen and oxygen atoms in total. The van der Waals surface area contributed by atoms with Gasteiger partial charge < -0.3 is 0 Å². The first kappa shape index (κ1) is 6.55. The van der Waals surface area contributed by atoms with Crippen LogP contribution in [-0.4, -0.2) is 9.97 Å². The maximum atomic E-state index is 5.84. The molecule has 0 aliphatic heterocycles. The van der Waals surface area contributed by atoms with Crippen LogP contribution in [0.1, 0.15) is 0 Å². The second-order valence-corrected chi connectivity index (χ2v) is 2.54. The Morgan fingerprint density at radius 2 is 2.27 bits per heavy atom. The van der Waals surface area contributed by atoms with Crippen molar-refractivity contribution in [3.63, 3.8) is 0 Å². The van der Waals surface area contributed by atoms with Gasteiger partial charge in [0.25, 0.3) is 0 Å². The van der Waals surface area contributed by atoms with Gasteiger partial charge in [-0.2, -0.15) is 0 Å². The molecule has 0 spiro atoms. The van der Waals surface area contributed by atoms with E-state index in [1.807, 2.05) is 0 Å². The average Bonchev–Trinajstić information content (AvgIpc) is 2.06. The molecule has 3 heteroatoms. The summed E-state index contributed by atoms with van der Waals surface area (Å²) in [5, 5.41) is 1.53. The fourth-order valence-electron chi connectivity index (χ4n) is 0.919. The van der Waals surface area contributed by atoms with Crippen molar-refractivity contribution in [2.45, 2.75) is 0 Å². The summed E-state index contributed by atoms with van der Waals surface area (Å²) < 4.78 is 0. The molecule has 2 rings (SSSR count). The van der Waals surface area contributed by atoms with E-state index in [1.54, 1.807) is 18.3 Å². The summed E-state index contributed by atoms with van der Waals surface area (Å²) >= 11 is 5.84. The van der Waals surface area contributed by atoms with Crippen molar-refractivity contribution in [2.75, 3.05) is 0 Å². The van der Waals surface area contributed by atoms with Gasteiger partial charge in [0.1, 0.15) is 6.33 Å². The molecule has 0 saturated carbocycles. The molecule has 0 fully saturated rings. The van der Waals surface area contributed by atoms with Crippen LogP contribution in [0.3, 0.4) is 0 Å². The van der Waals surface area contributed by atoms with Gasteiger partial charge in [-0.3, -0.25) is 0 Å². The topological polar surface area (TPSA) is 25.8 Å². The largest absolute Gasteiger partial charge is 0.244 e. The normalized spacial score (nSPS) is 10.3. The Hall–Kier alpha value is -1.15. The van der Waals surface area contributed by atoms with Crippen LogP contribution in [-0.2, 0) is 0 Å². The van der Waals surface area contributed by atoms with Gasteiger partial charge in [-0.05, 0) is 18.2 Å². The van der Waals surface area contributed by atoms with Gasteiger partial charge in [-0.1, -0.05) is 11.6 Å². The molecule has 1 heterocycles. The number of aromatic nitrogens is 2. The molecule has 1 radical (unpaired) electrons. The third-order valence-electron chi connectivity index (χ3n) is 1.42. The molecular weight excluding hydrogens is 160 g/mol. The molecule has 1 aromatic heterocycles.